The summed E-state index contributed by atoms with van der Waals surface area (Å²) in [6, 6.07) is 71.1. The van der Waals surface area contributed by atoms with E-state index in [2.05, 4.69) is 194 Å². The molecule has 0 aliphatic heterocycles. The van der Waals surface area contributed by atoms with Crippen molar-refractivity contribution in [1.82, 2.24) is 0 Å². The summed E-state index contributed by atoms with van der Waals surface area (Å²) in [5, 5.41) is 17.2. The van der Waals surface area contributed by atoms with Crippen molar-refractivity contribution in [3.8, 4) is 33.4 Å². The number of benzene rings is 11. The molecule has 0 N–H and O–H groups in total. The lowest BCUT2D eigenvalue weighted by atomic mass is 9.85. The van der Waals surface area contributed by atoms with Crippen LogP contribution in [0.3, 0.4) is 0 Å². The van der Waals surface area contributed by atoms with Crippen LogP contribution >= 0.6 is 0 Å². The molecule has 0 aliphatic rings. The van der Waals surface area contributed by atoms with Gasteiger partial charge in [-0.3, -0.25) is 0 Å². The molecule has 1 heterocycles. The molecule has 0 aliphatic carbocycles. The first-order chi connectivity index (χ1) is 27.3. The van der Waals surface area contributed by atoms with Gasteiger partial charge in [0, 0.05) is 10.8 Å². The highest BCUT2D eigenvalue weighted by Gasteiger charge is 2.19. The van der Waals surface area contributed by atoms with Crippen LogP contribution < -0.4 is 0 Å². The molecule has 0 amide bonds. The molecule has 0 spiro atoms. The number of hydrogen-bond donors (Lipinski definition) is 0. The minimum atomic E-state index is 0.914. The third-order valence-corrected chi connectivity index (χ3v) is 11.8. The molecule has 11 aromatic carbocycles. The summed E-state index contributed by atoms with van der Waals surface area (Å²) in [7, 11) is 0. The maximum Gasteiger partial charge on any atom is 0.136 e. The van der Waals surface area contributed by atoms with Crippen molar-refractivity contribution >= 4 is 86.6 Å². The van der Waals surface area contributed by atoms with E-state index < -0.39 is 0 Å². The van der Waals surface area contributed by atoms with E-state index in [4.69, 9.17) is 4.42 Å². The van der Waals surface area contributed by atoms with E-state index in [-0.39, 0.29) is 0 Å². The minimum Gasteiger partial charge on any atom is -0.456 e. The van der Waals surface area contributed by atoms with E-state index in [1.54, 1.807) is 0 Å². The standard InChI is InChI=1S/C54H32O/c1-2-13-33(14-3-1)34-15-12-16-36(27-34)53-43-21-8-10-23-45(43)54(46-24-11-9-22-44(46)53)37-26-25-35-30-51-49(29-38(35)28-37)50-31-47-41-19-6-4-17-39(41)40-18-5-7-20-42(40)48(47)32-52(50)55-51/h1-32H. The molecule has 1 aromatic heterocycles. The zero-order valence-corrected chi connectivity index (χ0v) is 29.9. The molecule has 0 radical (unpaired) electrons. The van der Waals surface area contributed by atoms with Crippen molar-refractivity contribution in [3.05, 3.63) is 194 Å². The summed E-state index contributed by atoms with van der Waals surface area (Å²) in [4.78, 5) is 0. The molecule has 55 heavy (non-hydrogen) atoms. The molecule has 0 saturated carbocycles. The van der Waals surface area contributed by atoms with Crippen molar-refractivity contribution in [2.24, 2.45) is 0 Å². The number of hydrogen-bond acceptors (Lipinski definition) is 1. The van der Waals surface area contributed by atoms with Gasteiger partial charge in [0.05, 0.1) is 0 Å². The Morgan fingerprint density at radius 2 is 0.673 bits per heavy atom. The highest BCUT2D eigenvalue weighted by atomic mass is 16.3. The Bertz CT molecular complexity index is 3480. The Balaban J connectivity index is 1.09. The summed E-state index contributed by atoms with van der Waals surface area (Å²) in [6.45, 7) is 0. The van der Waals surface area contributed by atoms with Crippen LogP contribution in [-0.4, -0.2) is 0 Å². The molecule has 0 bridgehead atoms. The van der Waals surface area contributed by atoms with Crippen LogP contribution in [0.15, 0.2) is 199 Å². The van der Waals surface area contributed by atoms with E-state index in [1.165, 1.54) is 98.0 Å². The largest absolute Gasteiger partial charge is 0.456 e. The topological polar surface area (TPSA) is 13.1 Å². The molecule has 12 aromatic rings. The van der Waals surface area contributed by atoms with E-state index in [0.717, 1.165) is 21.9 Å². The van der Waals surface area contributed by atoms with Crippen molar-refractivity contribution < 1.29 is 4.42 Å². The summed E-state index contributed by atoms with van der Waals surface area (Å²) in [5.41, 5.74) is 9.24. The van der Waals surface area contributed by atoms with E-state index in [0.29, 0.717) is 0 Å². The highest BCUT2D eigenvalue weighted by Crippen LogP contribution is 2.46. The van der Waals surface area contributed by atoms with E-state index in [9.17, 15) is 0 Å². The summed E-state index contributed by atoms with van der Waals surface area (Å²) in [6.07, 6.45) is 0. The van der Waals surface area contributed by atoms with Crippen LogP contribution in [-0.2, 0) is 0 Å². The lowest BCUT2D eigenvalue weighted by Crippen LogP contribution is -1.91. The molecule has 1 heteroatoms. The monoisotopic (exact) mass is 696 g/mol. The molecule has 12 rings (SSSR count). The first-order valence-electron chi connectivity index (χ1n) is 19.0. The van der Waals surface area contributed by atoms with E-state index >= 15 is 0 Å². The normalized spacial score (nSPS) is 12.0. The van der Waals surface area contributed by atoms with Crippen molar-refractivity contribution in [3.63, 3.8) is 0 Å². The van der Waals surface area contributed by atoms with Gasteiger partial charge in [-0.15, -0.1) is 0 Å². The van der Waals surface area contributed by atoms with Crippen LogP contribution in [0.5, 0.6) is 0 Å². The molecular formula is C54H32O. The molecule has 1 nitrogen and oxygen atoms in total. The van der Waals surface area contributed by atoms with Gasteiger partial charge in [-0.25, -0.2) is 0 Å². The van der Waals surface area contributed by atoms with Crippen LogP contribution in [0.4, 0.5) is 0 Å². The van der Waals surface area contributed by atoms with Gasteiger partial charge in [0.15, 0.2) is 0 Å². The predicted molar refractivity (Wildman–Crippen MR) is 235 cm³/mol. The second-order valence-corrected chi connectivity index (χ2v) is 14.8. The Kier molecular flexibility index (Phi) is 6.40. The van der Waals surface area contributed by atoms with Gasteiger partial charge in [0.1, 0.15) is 11.2 Å². The Morgan fingerprint density at radius 3 is 1.29 bits per heavy atom. The van der Waals surface area contributed by atoms with Gasteiger partial charge in [-0.1, -0.05) is 158 Å². The lowest BCUT2D eigenvalue weighted by Gasteiger charge is -2.18. The smallest absolute Gasteiger partial charge is 0.136 e. The summed E-state index contributed by atoms with van der Waals surface area (Å²) >= 11 is 0. The second kappa shape index (κ2) is 11.6. The number of rotatable bonds is 3. The summed E-state index contributed by atoms with van der Waals surface area (Å²) in [5.74, 6) is 0. The third-order valence-electron chi connectivity index (χ3n) is 11.8. The summed E-state index contributed by atoms with van der Waals surface area (Å²) < 4.78 is 6.65. The van der Waals surface area contributed by atoms with Gasteiger partial charge in [0.2, 0.25) is 0 Å². The fourth-order valence-corrected chi connectivity index (χ4v) is 9.31. The Hall–Kier alpha value is -7.22. The average Bonchev–Trinajstić information content (AvgIpc) is 3.60. The molecule has 0 fully saturated rings. The van der Waals surface area contributed by atoms with E-state index in [1.807, 2.05) is 0 Å². The number of fused-ring (bicyclic) bond motifs is 12. The van der Waals surface area contributed by atoms with Gasteiger partial charge in [-0.2, -0.15) is 0 Å². The van der Waals surface area contributed by atoms with Gasteiger partial charge >= 0.3 is 0 Å². The zero-order chi connectivity index (χ0) is 36.0. The van der Waals surface area contributed by atoms with Crippen LogP contribution in [0, 0.1) is 0 Å². The van der Waals surface area contributed by atoms with Crippen LogP contribution in [0.2, 0.25) is 0 Å². The Labute approximate surface area is 317 Å². The molecule has 0 unspecified atom stereocenters. The average molecular weight is 697 g/mol. The predicted octanol–water partition coefficient (Wildman–Crippen LogP) is 15.5. The fourth-order valence-electron chi connectivity index (χ4n) is 9.31. The quantitative estimate of drug-likeness (QED) is 0.132. The van der Waals surface area contributed by atoms with Gasteiger partial charge < -0.3 is 4.42 Å². The van der Waals surface area contributed by atoms with Crippen molar-refractivity contribution in [2.45, 2.75) is 0 Å². The maximum absolute atomic E-state index is 6.65. The van der Waals surface area contributed by atoms with Gasteiger partial charge in [-0.05, 0) is 134 Å². The lowest BCUT2D eigenvalue weighted by molar-refractivity contribution is 0.670. The molecule has 254 valence electrons. The second-order valence-electron chi connectivity index (χ2n) is 14.8. The van der Waals surface area contributed by atoms with Gasteiger partial charge in [0.25, 0.3) is 0 Å². The molecule has 0 saturated heterocycles. The maximum atomic E-state index is 6.65. The minimum absolute atomic E-state index is 0.914. The number of furan rings is 1. The zero-order valence-electron chi connectivity index (χ0n) is 29.9. The first kappa shape index (κ1) is 30.3. The van der Waals surface area contributed by atoms with Crippen molar-refractivity contribution in [2.75, 3.05) is 0 Å². The Morgan fingerprint density at radius 1 is 0.218 bits per heavy atom. The van der Waals surface area contributed by atoms with Crippen LogP contribution in [0.25, 0.3) is 120 Å². The van der Waals surface area contributed by atoms with Crippen LogP contribution in [0.1, 0.15) is 0 Å². The molecule has 0 atom stereocenters. The third kappa shape index (κ3) is 4.54. The highest BCUT2D eigenvalue weighted by molar-refractivity contribution is 6.29. The first-order valence-corrected chi connectivity index (χ1v) is 19.0. The molecular weight excluding hydrogens is 665 g/mol. The van der Waals surface area contributed by atoms with Crippen molar-refractivity contribution in [1.29, 1.82) is 0 Å². The SMILES string of the molecule is c1ccc(-c2cccc(-c3c4ccccc4c(-c4ccc5cc6oc7cc8c9ccccc9c9ccccc9c8cc7c6cc5c4)c4ccccc34)c2)cc1. The fraction of sp³-hybridized carbons (Fsp3) is 0.